The third kappa shape index (κ3) is 25.0. The minimum Gasteiger partial charge on any atom is -0.481 e. The van der Waals surface area contributed by atoms with Gasteiger partial charge in [-0.3, -0.25) is 53.8 Å². The van der Waals surface area contributed by atoms with Crippen molar-refractivity contribution in [2.75, 3.05) is 58.0 Å². The van der Waals surface area contributed by atoms with Gasteiger partial charge in [0.2, 0.25) is 23.6 Å². The monoisotopic (exact) mass is 1050 g/mol. The number of rotatable bonds is 41. The highest BCUT2D eigenvalue weighted by molar-refractivity contribution is 7.78. The molecule has 0 aromatic heterocycles. The number of carboxylic acids is 1. The Kier molecular flexibility index (Phi) is 29.0. The van der Waals surface area contributed by atoms with Gasteiger partial charge in [-0.15, -0.1) is 0 Å². The van der Waals surface area contributed by atoms with Crippen LogP contribution in [0.25, 0.3) is 10.8 Å². The normalized spacial score (nSPS) is 12.1. The summed E-state index contributed by atoms with van der Waals surface area (Å²) in [6.45, 7) is 2.02. The number of ether oxygens (including phenoxy) is 3. The molecule has 0 heterocycles. The summed E-state index contributed by atoms with van der Waals surface area (Å²) < 4.78 is 16.3. The van der Waals surface area contributed by atoms with Crippen LogP contribution in [0.5, 0.6) is 0 Å². The lowest BCUT2D eigenvalue weighted by Crippen LogP contribution is -2.47. The summed E-state index contributed by atoms with van der Waals surface area (Å²) in [7, 11) is 0. The van der Waals surface area contributed by atoms with Crippen molar-refractivity contribution in [1.82, 2.24) is 16.0 Å². The number of anilines is 1. The van der Waals surface area contributed by atoms with Crippen LogP contribution < -0.4 is 27.0 Å². The van der Waals surface area contributed by atoms with Crippen LogP contribution >= 0.6 is 12.2 Å². The largest absolute Gasteiger partial charge is 0.481 e. The van der Waals surface area contributed by atoms with Crippen molar-refractivity contribution >= 4 is 86.4 Å². The van der Waals surface area contributed by atoms with E-state index in [4.69, 9.17) is 19.9 Å². The predicted molar refractivity (Wildman–Crippen MR) is 276 cm³/mol. The first-order valence-electron chi connectivity index (χ1n) is 24.4. The van der Waals surface area contributed by atoms with Crippen LogP contribution in [0.4, 0.5) is 17.1 Å². The van der Waals surface area contributed by atoms with E-state index >= 15 is 0 Å². The minimum atomic E-state index is -1.21. The highest BCUT2D eigenvalue weighted by atomic mass is 32.1. The Morgan fingerprint density at radius 1 is 0.676 bits per heavy atom. The van der Waals surface area contributed by atoms with E-state index in [1.54, 1.807) is 0 Å². The number of isothiocyanates is 1. The number of nitrogens with zero attached hydrogens (tertiary/aromatic N) is 3. The number of nitro groups is 2. The van der Waals surface area contributed by atoms with Gasteiger partial charge in [0.05, 0.1) is 73.1 Å². The lowest BCUT2D eigenvalue weighted by atomic mass is 10.0. The van der Waals surface area contributed by atoms with Crippen molar-refractivity contribution in [1.29, 1.82) is 0 Å². The number of carbonyl (C=O) groups excluding carboxylic acids is 6. The molecule has 3 rings (SSSR count). The quantitative estimate of drug-likeness (QED) is 0.0142. The van der Waals surface area contributed by atoms with Crippen LogP contribution in [0.2, 0.25) is 0 Å². The molecule has 3 aromatic carbocycles. The summed E-state index contributed by atoms with van der Waals surface area (Å²) in [6.07, 6.45) is 3.11. The third-order valence-electron chi connectivity index (χ3n) is 11.4. The average molecular weight is 1050 g/mol. The molecule has 0 aliphatic heterocycles. The lowest BCUT2D eigenvalue weighted by Gasteiger charge is -2.19. The molecule has 0 bridgehead atoms. The Morgan fingerprint density at radius 2 is 1.36 bits per heavy atom. The maximum absolute atomic E-state index is 13.5. The molecular weight excluding hydrogens is 985 g/mol. The number of carboxylic acid groups (broad SMARTS) is 1. The number of hydrogen-bond donors (Lipinski definition) is 6. The summed E-state index contributed by atoms with van der Waals surface area (Å²) in [5.74, 6) is -3.62. The molecule has 74 heavy (non-hydrogen) atoms. The smallest absolute Gasteiger partial charge is 0.303 e. The van der Waals surface area contributed by atoms with Gasteiger partial charge in [0.15, 0.2) is 5.78 Å². The number of nitro benzene ring substituents is 2. The highest BCUT2D eigenvalue weighted by Gasteiger charge is 2.26. The van der Waals surface area contributed by atoms with Gasteiger partial charge in [-0.2, -0.15) is 0 Å². The lowest BCUT2D eigenvalue weighted by molar-refractivity contribution is -0.393. The fourth-order valence-corrected chi connectivity index (χ4v) is 7.60. The van der Waals surface area contributed by atoms with Crippen LogP contribution in [0.3, 0.4) is 0 Å². The Balaban J connectivity index is 1.41. The van der Waals surface area contributed by atoms with E-state index in [9.17, 15) is 58.9 Å². The number of Topliss-reactive ketones (excluding diaryl/α,β-unsaturated/α-hetero) is 2. The third-order valence-corrected chi connectivity index (χ3v) is 11.6. The molecule has 4 amide bonds. The van der Waals surface area contributed by atoms with E-state index < -0.39 is 69.3 Å². The van der Waals surface area contributed by atoms with Crippen molar-refractivity contribution in [3.63, 3.8) is 0 Å². The molecule has 0 saturated heterocycles. The second-order valence-corrected chi connectivity index (χ2v) is 17.3. The zero-order chi connectivity index (χ0) is 54.1. The predicted octanol–water partition coefficient (Wildman–Crippen LogP) is 5.09. The fraction of sp³-hybridized carbons (Fsp3) is 0.520. The SMILES string of the molecule is NC(=O)C(CCCCNC(=O)C(CCCCCC(=O)CCOCCOCCN=C=S)NC(=O)Cc1ccc2ccccc2c1)NC(=O)CCOCCCC(=O)C(CCC(=O)O)Nc1ccc([N+](=O)[O-])cc1[N+](=O)[O-]. The molecule has 0 spiro atoms. The Labute approximate surface area is 433 Å². The van der Waals surface area contributed by atoms with Crippen LogP contribution in [0, 0.1) is 20.2 Å². The molecule has 402 valence electrons. The number of aliphatic carboxylic acids is 1. The molecule has 24 heteroatoms. The van der Waals surface area contributed by atoms with Crippen molar-refractivity contribution in [2.45, 2.75) is 114 Å². The van der Waals surface area contributed by atoms with Crippen molar-refractivity contribution in [3.8, 4) is 0 Å². The first-order chi connectivity index (χ1) is 35.6. The number of ketones is 2. The number of amides is 4. The van der Waals surface area contributed by atoms with Gasteiger partial charge in [-0.25, -0.2) is 4.99 Å². The number of thiocarbonyl (C=S) groups is 1. The molecule has 7 N–H and O–H groups in total. The number of carbonyl (C=O) groups is 7. The maximum Gasteiger partial charge on any atom is 0.303 e. The van der Waals surface area contributed by atoms with Crippen molar-refractivity contribution < 1.29 is 62.7 Å². The fourth-order valence-electron chi connectivity index (χ4n) is 7.51. The van der Waals surface area contributed by atoms with Crippen LogP contribution in [-0.4, -0.2) is 132 Å². The van der Waals surface area contributed by atoms with E-state index in [1.807, 2.05) is 42.5 Å². The van der Waals surface area contributed by atoms with Crippen molar-refractivity contribution in [2.24, 2.45) is 10.7 Å². The zero-order valence-corrected chi connectivity index (χ0v) is 42.1. The van der Waals surface area contributed by atoms with Crippen LogP contribution in [0.15, 0.2) is 65.7 Å². The number of nitrogens with two attached hydrogens (primary N) is 1. The molecule has 23 nitrogen and oxygen atoms in total. The van der Waals surface area contributed by atoms with Gasteiger partial charge >= 0.3 is 5.97 Å². The second-order valence-electron chi connectivity index (χ2n) is 17.2. The highest BCUT2D eigenvalue weighted by Crippen LogP contribution is 2.30. The molecule has 3 unspecified atom stereocenters. The van der Waals surface area contributed by atoms with Crippen LogP contribution in [-0.2, 0) is 54.2 Å². The number of aliphatic imine (C=N–C) groups is 1. The second kappa shape index (κ2) is 35.1. The molecule has 3 aromatic rings. The number of unbranched alkanes of at least 4 members (excludes halogenated alkanes) is 3. The molecule has 3 atom stereocenters. The standard InChI is InChI=1S/C50H66N8O15S/c51-49(65)42(55-46(61)22-27-71-25-8-14-45(60)41(19-20-48(63)64)54-40-18-17-38(57(67)68)33-44(40)58(69)70)12-6-7-23-53-50(66)43(56-47(62)32-35-15-16-36-9-4-5-10-37(36)31-35)13-3-1-2-11-39(59)21-26-72-29-30-73-28-24-52-34-74/h4-5,9-10,15-18,31,33,41-43,54H,1-3,6-8,11-14,19-30,32H2,(H2,51,65)(H,53,66)(H,55,61)(H,56,62)(H,63,64). The molecule has 0 aliphatic carbocycles. The van der Waals surface area contributed by atoms with Gasteiger partial charge in [0.25, 0.3) is 11.4 Å². The maximum atomic E-state index is 13.5. The van der Waals surface area contributed by atoms with E-state index in [0.717, 1.165) is 34.5 Å². The van der Waals surface area contributed by atoms with E-state index in [2.05, 4.69) is 43.6 Å². The summed E-state index contributed by atoms with van der Waals surface area (Å²) in [4.78, 5) is 113. The van der Waals surface area contributed by atoms with E-state index in [-0.39, 0.29) is 94.6 Å². The van der Waals surface area contributed by atoms with Gasteiger partial charge in [-0.05, 0) is 79.6 Å². The molecule has 0 fully saturated rings. The molecule has 0 aliphatic rings. The average Bonchev–Trinajstić information content (AvgIpc) is 3.36. The summed E-state index contributed by atoms with van der Waals surface area (Å²) in [5.41, 5.74) is 4.97. The number of benzene rings is 3. The number of non-ortho nitro benzene ring substituents is 1. The Hall–Kier alpha value is -7.11. The number of fused-ring (bicyclic) bond motifs is 1. The number of primary amides is 1. The van der Waals surface area contributed by atoms with Gasteiger partial charge < -0.3 is 46.3 Å². The minimum absolute atomic E-state index is 0.0192. The first kappa shape index (κ1) is 61.2. The molecule has 0 saturated carbocycles. The van der Waals surface area contributed by atoms with Crippen molar-refractivity contribution in [3.05, 3.63) is 86.5 Å². The van der Waals surface area contributed by atoms with E-state index in [0.29, 0.717) is 71.3 Å². The topological polar surface area (TPSA) is 340 Å². The van der Waals surface area contributed by atoms with Gasteiger partial charge in [0.1, 0.15) is 23.6 Å². The Morgan fingerprint density at radius 3 is 2.08 bits per heavy atom. The Bertz CT molecular complexity index is 2420. The first-order valence-corrected chi connectivity index (χ1v) is 24.8. The molecular formula is C50H66N8O15S. The zero-order valence-electron chi connectivity index (χ0n) is 41.3. The summed E-state index contributed by atoms with van der Waals surface area (Å²) in [5, 5.41) is 47.1. The summed E-state index contributed by atoms with van der Waals surface area (Å²) in [6, 6.07) is 13.3. The molecule has 0 radical (unpaired) electrons. The number of nitrogens with one attached hydrogen (secondary N) is 4. The summed E-state index contributed by atoms with van der Waals surface area (Å²) >= 11 is 4.50. The van der Waals surface area contributed by atoms with Crippen LogP contribution in [0.1, 0.15) is 95.5 Å². The van der Waals surface area contributed by atoms with Gasteiger partial charge in [-0.1, -0.05) is 55.3 Å². The number of hydrogen-bond acceptors (Lipinski definition) is 17. The van der Waals surface area contributed by atoms with E-state index in [1.165, 1.54) is 0 Å². The van der Waals surface area contributed by atoms with Gasteiger partial charge in [0, 0.05) is 51.3 Å².